The van der Waals surface area contributed by atoms with Crippen LogP contribution >= 0.6 is 0 Å². The number of nitrogens with one attached hydrogen (secondary N) is 4. The molecule has 3 aliphatic rings. The molecule has 0 spiro atoms. The first-order valence-corrected chi connectivity index (χ1v) is 21.9. The van der Waals surface area contributed by atoms with Gasteiger partial charge in [0.05, 0.1) is 49.2 Å². The quantitative estimate of drug-likeness (QED) is 0.106. The van der Waals surface area contributed by atoms with Crippen molar-refractivity contribution in [3.05, 3.63) is 119 Å². The van der Waals surface area contributed by atoms with Crippen molar-refractivity contribution in [1.29, 1.82) is 0 Å². The van der Waals surface area contributed by atoms with E-state index in [9.17, 15) is 19.2 Å². The Labute approximate surface area is 374 Å². The van der Waals surface area contributed by atoms with Gasteiger partial charge >= 0.3 is 12.2 Å². The van der Waals surface area contributed by atoms with Crippen molar-refractivity contribution in [2.24, 2.45) is 5.92 Å². The van der Waals surface area contributed by atoms with Crippen LogP contribution in [0.2, 0.25) is 0 Å². The number of hydrogen-bond donors (Lipinski definition) is 4. The van der Waals surface area contributed by atoms with Crippen LogP contribution in [0, 0.1) is 5.92 Å². The van der Waals surface area contributed by atoms with Gasteiger partial charge in [0.15, 0.2) is 0 Å². The Morgan fingerprint density at radius 1 is 0.723 bits per heavy atom. The third-order valence-corrected chi connectivity index (χ3v) is 12.9. The Balaban J connectivity index is 0.946. The zero-order chi connectivity index (χ0) is 45.6. The van der Waals surface area contributed by atoms with E-state index in [2.05, 4.69) is 25.6 Å². The first kappa shape index (κ1) is 43.2. The third-order valence-electron chi connectivity index (χ3n) is 12.9. The number of alkyl halides is 2. The fourth-order valence-corrected chi connectivity index (χ4v) is 9.54. The number of methoxy groups -OCH3 is 2. The van der Waals surface area contributed by atoms with Gasteiger partial charge in [0.25, 0.3) is 11.8 Å². The number of piperidine rings is 1. The lowest BCUT2D eigenvalue weighted by Gasteiger charge is -2.37. The van der Waals surface area contributed by atoms with Gasteiger partial charge in [-0.05, 0) is 90.1 Å². The summed E-state index contributed by atoms with van der Waals surface area (Å²) in [5.74, 6) is -2.84. The Bertz CT molecular complexity index is 2790. The fraction of sp³-hybridized carbons (Fsp3) is 0.347. The molecular weight excluding hydrogens is 835 g/mol. The zero-order valence-corrected chi connectivity index (χ0v) is 36.5. The predicted molar refractivity (Wildman–Crippen MR) is 238 cm³/mol. The van der Waals surface area contributed by atoms with Crippen LogP contribution < -0.4 is 10.6 Å². The maximum atomic E-state index is 16.6. The van der Waals surface area contributed by atoms with E-state index in [1.807, 2.05) is 56.3 Å². The molecular formula is C49H50F2N8O6. The number of H-pyrrole nitrogens is 2. The normalized spacial score (nSPS) is 18.5. The highest BCUT2D eigenvalue weighted by Crippen LogP contribution is 2.53. The molecule has 4 N–H and O–H groups in total. The number of rotatable bonds is 10. The molecule has 14 nitrogen and oxygen atoms in total. The Morgan fingerprint density at radius 2 is 1.34 bits per heavy atom. The molecule has 1 aliphatic carbocycles. The van der Waals surface area contributed by atoms with Crippen LogP contribution in [0.15, 0.2) is 91.1 Å². The minimum atomic E-state index is -3.30. The lowest BCUT2D eigenvalue weighted by molar-refractivity contribution is -0.137. The van der Waals surface area contributed by atoms with E-state index in [4.69, 9.17) is 14.5 Å². The Morgan fingerprint density at radius 3 is 2.06 bits per heavy atom. The minimum Gasteiger partial charge on any atom is -0.453 e. The van der Waals surface area contributed by atoms with Crippen LogP contribution in [0.4, 0.5) is 18.4 Å². The van der Waals surface area contributed by atoms with Gasteiger partial charge in [0.1, 0.15) is 23.7 Å². The molecule has 4 aromatic carbocycles. The number of alkyl carbamates (subject to hydrolysis) is 2. The van der Waals surface area contributed by atoms with Crippen molar-refractivity contribution < 1.29 is 37.4 Å². The molecule has 16 heteroatoms. The number of halogens is 2. The number of ether oxygens (including phenoxy) is 2. The minimum absolute atomic E-state index is 0.0943. The van der Waals surface area contributed by atoms with E-state index in [0.29, 0.717) is 82.1 Å². The van der Waals surface area contributed by atoms with Crippen molar-refractivity contribution in [3.8, 4) is 33.5 Å². The number of nitrogens with zero attached hydrogens (tertiary/aromatic N) is 4. The molecule has 65 heavy (non-hydrogen) atoms. The van der Waals surface area contributed by atoms with Crippen LogP contribution in [0.5, 0.6) is 0 Å². The maximum Gasteiger partial charge on any atom is 0.407 e. The van der Waals surface area contributed by atoms with Crippen molar-refractivity contribution in [1.82, 2.24) is 40.4 Å². The number of imidazole rings is 2. The topological polar surface area (TPSA) is 175 Å². The summed E-state index contributed by atoms with van der Waals surface area (Å²) < 4.78 is 42.8. The van der Waals surface area contributed by atoms with Crippen molar-refractivity contribution in [2.45, 2.75) is 76.0 Å². The summed E-state index contributed by atoms with van der Waals surface area (Å²) in [7, 11) is 2.51. The fourth-order valence-electron chi connectivity index (χ4n) is 9.54. The van der Waals surface area contributed by atoms with Crippen LogP contribution in [0.1, 0.15) is 92.4 Å². The van der Waals surface area contributed by atoms with Gasteiger partial charge in [-0.3, -0.25) is 9.59 Å². The number of benzene rings is 4. The van der Waals surface area contributed by atoms with E-state index in [1.165, 1.54) is 20.3 Å². The number of aromatic nitrogens is 4. The second kappa shape index (κ2) is 17.5. The largest absolute Gasteiger partial charge is 0.453 e. The summed E-state index contributed by atoms with van der Waals surface area (Å²) in [6.45, 7) is 4.67. The molecule has 2 fully saturated rings. The molecule has 2 aromatic heterocycles. The van der Waals surface area contributed by atoms with Crippen molar-refractivity contribution in [3.63, 3.8) is 0 Å². The van der Waals surface area contributed by atoms with Gasteiger partial charge in [0, 0.05) is 29.8 Å². The molecule has 9 rings (SSSR count). The van der Waals surface area contributed by atoms with Crippen molar-refractivity contribution >= 4 is 35.0 Å². The number of amides is 4. The monoisotopic (exact) mass is 884 g/mol. The van der Waals surface area contributed by atoms with E-state index in [0.717, 1.165) is 24.8 Å². The first-order chi connectivity index (χ1) is 31.4. The van der Waals surface area contributed by atoms with Crippen molar-refractivity contribution in [2.75, 3.05) is 27.3 Å². The molecule has 4 atom stereocenters. The number of carbonyl (C=O) groups excluding carboxylic acids is 4. The second-order valence-corrected chi connectivity index (χ2v) is 17.2. The van der Waals surface area contributed by atoms with Crippen LogP contribution in [0.3, 0.4) is 0 Å². The lowest BCUT2D eigenvalue weighted by atomic mass is 9.98. The van der Waals surface area contributed by atoms with E-state index < -0.39 is 30.2 Å². The zero-order valence-electron chi connectivity index (χ0n) is 36.5. The second-order valence-electron chi connectivity index (χ2n) is 17.2. The summed E-state index contributed by atoms with van der Waals surface area (Å²) in [6.07, 6.45) is 3.95. The maximum absolute atomic E-state index is 16.6. The first-order valence-electron chi connectivity index (χ1n) is 21.9. The summed E-state index contributed by atoms with van der Waals surface area (Å²) in [4.78, 5) is 71.9. The van der Waals surface area contributed by atoms with E-state index in [1.54, 1.807) is 52.4 Å². The highest BCUT2D eigenvalue weighted by atomic mass is 19.3. The SMILES string of the molecule is COC(=O)N[C@H](C(=O)N1CCC[C@H]1c1ncc(-c2ccc3c(c2)C(F)(F)c2cc(-c4ccc5nc([C@H]6CCCCN6C(=O)[C@H](NC(=O)OC)c6ccccc6)[nH]c5c4)ccc2-3)[nH]1)C(C)C. The summed E-state index contributed by atoms with van der Waals surface area (Å²) in [5.41, 5.74) is 5.11. The Hall–Kier alpha value is -7.10. The van der Waals surface area contributed by atoms with Gasteiger partial charge in [-0.15, -0.1) is 0 Å². The number of likely N-dealkylation sites (tertiary alicyclic amines) is 2. The summed E-state index contributed by atoms with van der Waals surface area (Å²) in [6, 6.07) is 22.3. The van der Waals surface area contributed by atoms with Gasteiger partial charge in [-0.2, -0.15) is 8.78 Å². The molecule has 336 valence electrons. The number of fused-ring (bicyclic) bond motifs is 4. The van der Waals surface area contributed by atoms with Gasteiger partial charge < -0.3 is 39.9 Å². The molecule has 0 bridgehead atoms. The summed E-state index contributed by atoms with van der Waals surface area (Å²) >= 11 is 0. The van der Waals surface area contributed by atoms with Crippen LogP contribution in [0.25, 0.3) is 44.5 Å². The average molecular weight is 885 g/mol. The molecule has 2 aliphatic heterocycles. The predicted octanol–water partition coefficient (Wildman–Crippen LogP) is 8.94. The molecule has 2 saturated heterocycles. The highest BCUT2D eigenvalue weighted by molar-refractivity contribution is 5.89. The number of aromatic amines is 2. The van der Waals surface area contributed by atoms with Gasteiger partial charge in [-0.1, -0.05) is 74.5 Å². The third kappa shape index (κ3) is 8.06. The molecule has 0 unspecified atom stereocenters. The lowest BCUT2D eigenvalue weighted by Crippen LogP contribution is -2.51. The molecule has 6 aromatic rings. The number of hydrogen-bond acceptors (Lipinski definition) is 8. The number of carbonyl (C=O) groups is 4. The van der Waals surface area contributed by atoms with Gasteiger partial charge in [-0.25, -0.2) is 19.6 Å². The van der Waals surface area contributed by atoms with Crippen LogP contribution in [-0.2, 0) is 25.0 Å². The van der Waals surface area contributed by atoms with E-state index >= 15 is 8.78 Å². The molecule has 4 amide bonds. The molecule has 0 radical (unpaired) electrons. The standard InChI is InChI=1S/C49H50F2N8O6/c1-27(2)41(56-47(62)64-3)45(60)59-22-10-14-39(59)43-52-26-38(55-43)31-16-19-33-32-18-15-29(23-34(32)49(50,51)35(33)24-31)30-17-20-36-37(25-30)54-44(53-36)40-13-8-9-21-58(40)46(61)42(57-48(63)65-4)28-11-6-5-7-12-28/h5-7,11-12,15-20,23-27,39-42H,8-10,13-14,21-22H2,1-4H3,(H,52,55)(H,53,54)(H,56,62)(H,57,63)/t39-,40+,41-,42+/m0/s1. The molecule has 0 saturated carbocycles. The summed E-state index contributed by atoms with van der Waals surface area (Å²) in [5, 5.41) is 5.36. The van der Waals surface area contributed by atoms with Gasteiger partial charge in [0.2, 0.25) is 5.91 Å². The molecule has 4 heterocycles. The Kier molecular flexibility index (Phi) is 11.6. The smallest absolute Gasteiger partial charge is 0.407 e. The highest BCUT2D eigenvalue weighted by Gasteiger charge is 2.45. The van der Waals surface area contributed by atoms with Crippen LogP contribution in [-0.4, -0.2) is 87.1 Å². The average Bonchev–Trinajstić information content (AvgIpc) is 4.15. The van der Waals surface area contributed by atoms with E-state index in [-0.39, 0.29) is 40.9 Å².